The summed E-state index contributed by atoms with van der Waals surface area (Å²) in [5.74, 6) is -1.27. The predicted octanol–water partition coefficient (Wildman–Crippen LogP) is 5.07. The molecule has 3 atom stereocenters. The van der Waals surface area contributed by atoms with Crippen molar-refractivity contribution in [2.24, 2.45) is 22.7 Å². The van der Waals surface area contributed by atoms with Gasteiger partial charge >= 0.3 is 5.97 Å². The number of carbonyl (C=O) groups is 3. The number of carbonyl (C=O) groups excluding carboxylic acids is 3. The summed E-state index contributed by atoms with van der Waals surface area (Å²) in [6.07, 6.45) is 1.87. The van der Waals surface area contributed by atoms with Crippen LogP contribution in [0.5, 0.6) is 0 Å². The monoisotopic (exact) mass is 466 g/mol. The Bertz CT molecular complexity index is 760. The van der Waals surface area contributed by atoms with Crippen molar-refractivity contribution in [1.29, 1.82) is 0 Å². The van der Waals surface area contributed by atoms with Gasteiger partial charge in [0.25, 0.3) is 0 Å². The van der Waals surface area contributed by atoms with Crippen molar-refractivity contribution in [3.63, 3.8) is 0 Å². The van der Waals surface area contributed by atoms with Gasteiger partial charge in [-0.05, 0) is 28.5 Å². The Morgan fingerprint density at radius 2 is 1.62 bits per heavy atom. The molecule has 0 aliphatic heterocycles. The molecule has 2 rings (SSSR count). The van der Waals surface area contributed by atoms with Gasteiger partial charge in [0.2, 0.25) is 0 Å². The Labute approximate surface area is 194 Å². The summed E-state index contributed by atoms with van der Waals surface area (Å²) in [4.78, 5) is 38.3. The molecule has 0 spiro atoms. The standard InChI is InChI=1S/C25H42O6Si/c1-15(2)32(16(3)4,17(5)6)31-14-25-22(29-10)12-21(27)20(23(25)28)11-19(24(25,8)9)13-30-18(7)26/h12,15-17,19-20H,11,13-14H2,1-10H3/t19-,20?,25+/m1/s1. The van der Waals surface area contributed by atoms with Gasteiger partial charge in [-0.1, -0.05) is 55.4 Å². The van der Waals surface area contributed by atoms with Gasteiger partial charge in [-0.2, -0.15) is 0 Å². The Hall–Kier alpha value is -1.47. The Morgan fingerprint density at radius 1 is 1.09 bits per heavy atom. The number of allylic oxidation sites excluding steroid dienone is 1. The molecule has 1 saturated carbocycles. The normalized spacial score (nSPS) is 27.7. The van der Waals surface area contributed by atoms with Crippen LogP contribution in [-0.2, 0) is 28.3 Å². The van der Waals surface area contributed by atoms with E-state index in [0.717, 1.165) is 0 Å². The van der Waals surface area contributed by atoms with Crippen LogP contribution in [0.2, 0.25) is 16.6 Å². The third-order valence-electron chi connectivity index (χ3n) is 8.37. The number of ether oxygens (including phenoxy) is 2. The number of esters is 1. The van der Waals surface area contributed by atoms with Crippen LogP contribution in [0, 0.1) is 22.7 Å². The summed E-state index contributed by atoms with van der Waals surface area (Å²) < 4.78 is 18.1. The molecule has 0 aromatic heterocycles. The first-order chi connectivity index (χ1) is 14.7. The summed E-state index contributed by atoms with van der Waals surface area (Å²) in [7, 11) is -0.776. The third kappa shape index (κ3) is 4.00. The molecule has 2 aliphatic carbocycles. The summed E-state index contributed by atoms with van der Waals surface area (Å²) >= 11 is 0. The van der Waals surface area contributed by atoms with E-state index in [1.165, 1.54) is 20.1 Å². The third-order valence-corrected chi connectivity index (χ3v) is 14.4. The Morgan fingerprint density at radius 3 is 2.06 bits per heavy atom. The van der Waals surface area contributed by atoms with E-state index in [4.69, 9.17) is 13.9 Å². The number of hydrogen-bond acceptors (Lipinski definition) is 6. The van der Waals surface area contributed by atoms with E-state index in [9.17, 15) is 14.4 Å². The zero-order valence-electron chi connectivity index (χ0n) is 21.5. The van der Waals surface area contributed by atoms with E-state index in [1.54, 1.807) is 0 Å². The van der Waals surface area contributed by atoms with Crippen molar-refractivity contribution in [3.05, 3.63) is 11.8 Å². The lowest BCUT2D eigenvalue weighted by Crippen LogP contribution is -2.64. The lowest BCUT2D eigenvalue weighted by atomic mass is 9.47. The van der Waals surface area contributed by atoms with Crippen molar-refractivity contribution < 1.29 is 28.3 Å². The average molecular weight is 467 g/mol. The molecule has 0 aromatic rings. The second-order valence-corrected chi connectivity index (χ2v) is 16.5. The largest absolute Gasteiger partial charge is 0.500 e. The number of fused-ring (bicyclic) bond motifs is 2. The molecule has 2 bridgehead atoms. The quantitative estimate of drug-likeness (QED) is 0.268. The van der Waals surface area contributed by atoms with E-state index in [-0.39, 0.29) is 36.7 Å². The lowest BCUT2D eigenvalue weighted by Gasteiger charge is -2.57. The maximum atomic E-state index is 13.9. The van der Waals surface area contributed by atoms with Gasteiger partial charge in [0.05, 0.1) is 26.2 Å². The fourth-order valence-corrected chi connectivity index (χ4v) is 11.9. The number of rotatable bonds is 9. The van der Waals surface area contributed by atoms with Crippen LogP contribution in [0.1, 0.15) is 68.7 Å². The molecule has 2 aliphatic rings. The van der Waals surface area contributed by atoms with Gasteiger partial charge < -0.3 is 13.9 Å². The SMILES string of the molecule is COC1=CC(=O)C2C[C@H](COC(C)=O)C(C)(C)[C@]1(CO[Si](C(C)C)(C(C)C)C(C)C)C2=O. The van der Waals surface area contributed by atoms with Crippen LogP contribution in [0.15, 0.2) is 11.8 Å². The molecule has 0 heterocycles. The maximum absolute atomic E-state index is 13.9. The molecule has 0 amide bonds. The highest BCUT2D eigenvalue weighted by molar-refractivity contribution is 6.77. The van der Waals surface area contributed by atoms with Crippen molar-refractivity contribution in [1.82, 2.24) is 0 Å². The molecule has 7 heteroatoms. The predicted molar refractivity (Wildman–Crippen MR) is 127 cm³/mol. The minimum Gasteiger partial charge on any atom is -0.500 e. The molecule has 0 saturated heterocycles. The minimum absolute atomic E-state index is 0.120. The first kappa shape index (κ1) is 26.8. The van der Waals surface area contributed by atoms with Gasteiger partial charge in [-0.25, -0.2) is 0 Å². The molecule has 32 heavy (non-hydrogen) atoms. The molecule has 0 N–H and O–H groups in total. The lowest BCUT2D eigenvalue weighted by molar-refractivity contribution is -0.168. The van der Waals surface area contributed by atoms with Crippen molar-refractivity contribution in [2.75, 3.05) is 20.3 Å². The zero-order valence-corrected chi connectivity index (χ0v) is 22.5. The van der Waals surface area contributed by atoms with Gasteiger partial charge in [-0.3, -0.25) is 14.4 Å². The number of hydrogen-bond donors (Lipinski definition) is 0. The molecule has 0 radical (unpaired) electrons. The highest BCUT2D eigenvalue weighted by Gasteiger charge is 2.66. The van der Waals surface area contributed by atoms with Crippen LogP contribution in [0.3, 0.4) is 0 Å². The minimum atomic E-state index is -2.29. The smallest absolute Gasteiger partial charge is 0.302 e. The molecule has 182 valence electrons. The molecule has 1 fully saturated rings. The second kappa shape index (κ2) is 9.41. The fourth-order valence-electron chi connectivity index (χ4n) is 6.48. The van der Waals surface area contributed by atoms with Gasteiger partial charge in [0.15, 0.2) is 19.9 Å². The fraction of sp³-hybridized carbons (Fsp3) is 0.800. The van der Waals surface area contributed by atoms with Crippen LogP contribution in [0.25, 0.3) is 0 Å². The first-order valence-corrected chi connectivity index (χ1v) is 14.0. The molecule has 1 unspecified atom stereocenters. The highest BCUT2D eigenvalue weighted by atomic mass is 28.4. The summed E-state index contributed by atoms with van der Waals surface area (Å²) in [5, 5.41) is 0. The van der Waals surface area contributed by atoms with E-state index in [0.29, 0.717) is 28.8 Å². The van der Waals surface area contributed by atoms with E-state index in [1.807, 2.05) is 13.8 Å². The number of methoxy groups -OCH3 is 1. The molecular formula is C25H42O6Si. The average Bonchev–Trinajstić information content (AvgIpc) is 2.66. The van der Waals surface area contributed by atoms with Crippen LogP contribution in [-0.4, -0.2) is 46.2 Å². The van der Waals surface area contributed by atoms with E-state index >= 15 is 0 Å². The highest BCUT2D eigenvalue weighted by Crippen LogP contribution is 2.60. The second-order valence-electron chi connectivity index (χ2n) is 11.0. The topological polar surface area (TPSA) is 78.9 Å². The molecule has 6 nitrogen and oxygen atoms in total. The van der Waals surface area contributed by atoms with Crippen LogP contribution in [0.4, 0.5) is 0 Å². The van der Waals surface area contributed by atoms with E-state index in [2.05, 4.69) is 41.5 Å². The van der Waals surface area contributed by atoms with Crippen LogP contribution < -0.4 is 0 Å². The summed E-state index contributed by atoms with van der Waals surface area (Å²) in [5.41, 5.74) is -0.667. The summed E-state index contributed by atoms with van der Waals surface area (Å²) in [6.45, 7) is 19.0. The van der Waals surface area contributed by atoms with Crippen molar-refractivity contribution in [2.45, 2.75) is 85.4 Å². The molecule has 0 aromatic carbocycles. The van der Waals surface area contributed by atoms with Crippen molar-refractivity contribution in [3.8, 4) is 0 Å². The van der Waals surface area contributed by atoms with Gasteiger partial charge in [-0.15, -0.1) is 0 Å². The van der Waals surface area contributed by atoms with Gasteiger partial charge in [0, 0.05) is 18.9 Å². The zero-order chi connectivity index (χ0) is 24.6. The first-order valence-electron chi connectivity index (χ1n) is 11.8. The molecular weight excluding hydrogens is 424 g/mol. The number of ketones is 2. The van der Waals surface area contributed by atoms with Crippen LogP contribution >= 0.6 is 0 Å². The Balaban J connectivity index is 2.63. The van der Waals surface area contributed by atoms with Gasteiger partial charge in [0.1, 0.15) is 11.2 Å². The Kier molecular flexibility index (Phi) is 7.88. The number of Topliss-reactive ketones (excluding diaryl/α,β-unsaturated/α-hetero) is 1. The summed E-state index contributed by atoms with van der Waals surface area (Å²) in [6, 6.07) is 0. The van der Waals surface area contributed by atoms with E-state index < -0.39 is 25.1 Å². The maximum Gasteiger partial charge on any atom is 0.302 e. The van der Waals surface area contributed by atoms with Crippen molar-refractivity contribution >= 4 is 25.9 Å².